The van der Waals surface area contributed by atoms with E-state index in [1.807, 2.05) is 0 Å². The van der Waals surface area contributed by atoms with E-state index in [4.69, 9.17) is 21.4 Å². The third kappa shape index (κ3) is 2.62. The summed E-state index contributed by atoms with van der Waals surface area (Å²) in [6, 6.07) is 0. The van der Waals surface area contributed by atoms with E-state index in [9.17, 15) is 9.59 Å². The number of aliphatic carboxylic acids is 1. The molecular formula is C10H15ClO4. The summed E-state index contributed by atoms with van der Waals surface area (Å²) >= 11 is 5.83. The van der Waals surface area contributed by atoms with Crippen molar-refractivity contribution in [3.63, 3.8) is 0 Å². The highest BCUT2D eigenvalue weighted by Gasteiger charge is 2.56. The van der Waals surface area contributed by atoms with Crippen LogP contribution in [0.5, 0.6) is 0 Å². The molecule has 0 aromatic carbocycles. The minimum atomic E-state index is -1.39. The molecule has 0 aromatic heterocycles. The number of hydrogen-bond acceptors (Lipinski definition) is 3. The number of carboxylic acid groups (broad SMARTS) is 1. The molecule has 1 aliphatic carbocycles. The molecule has 1 atom stereocenters. The van der Waals surface area contributed by atoms with Gasteiger partial charge >= 0.3 is 11.9 Å². The second-order valence-electron chi connectivity index (χ2n) is 4.18. The lowest BCUT2D eigenvalue weighted by molar-refractivity contribution is -0.151. The van der Waals surface area contributed by atoms with Crippen molar-refractivity contribution in [2.24, 2.45) is 5.41 Å². The molecule has 1 N–H and O–H groups in total. The van der Waals surface area contributed by atoms with Crippen LogP contribution in [0, 0.1) is 5.41 Å². The second-order valence-corrected chi connectivity index (χ2v) is 5.01. The lowest BCUT2D eigenvalue weighted by Gasteiger charge is -2.22. The minimum absolute atomic E-state index is 0.135. The maximum atomic E-state index is 11.6. The number of carbonyl (C=O) groups excluding carboxylic acids is 1. The summed E-state index contributed by atoms with van der Waals surface area (Å²) in [4.78, 5) is 21.0. The quantitative estimate of drug-likeness (QED) is 0.582. The van der Waals surface area contributed by atoms with Gasteiger partial charge in [0.2, 0.25) is 0 Å². The van der Waals surface area contributed by atoms with E-state index < -0.39 is 16.3 Å². The molecule has 4 nitrogen and oxygen atoms in total. The molecule has 15 heavy (non-hydrogen) atoms. The summed E-state index contributed by atoms with van der Waals surface area (Å²) in [7, 11) is 0. The van der Waals surface area contributed by atoms with Gasteiger partial charge in [-0.3, -0.25) is 9.59 Å². The molecule has 1 rings (SSSR count). The zero-order valence-corrected chi connectivity index (χ0v) is 9.63. The zero-order valence-electron chi connectivity index (χ0n) is 8.88. The van der Waals surface area contributed by atoms with Crippen molar-refractivity contribution < 1.29 is 19.4 Å². The average molecular weight is 235 g/mol. The van der Waals surface area contributed by atoms with Crippen LogP contribution < -0.4 is 0 Å². The topological polar surface area (TPSA) is 63.6 Å². The number of carboxylic acids is 1. The van der Waals surface area contributed by atoms with Gasteiger partial charge in [-0.2, -0.15) is 0 Å². The van der Waals surface area contributed by atoms with Crippen LogP contribution in [0.1, 0.15) is 33.1 Å². The molecule has 0 heterocycles. The smallest absolute Gasteiger partial charge is 0.324 e. The van der Waals surface area contributed by atoms with Gasteiger partial charge in [-0.05, 0) is 33.1 Å². The number of ether oxygens (including phenoxy) is 1. The Bertz CT molecular complexity index is 281. The van der Waals surface area contributed by atoms with Gasteiger partial charge in [0.25, 0.3) is 0 Å². The molecule has 0 bridgehead atoms. The Hall–Kier alpha value is -0.770. The third-order valence-corrected chi connectivity index (χ3v) is 2.97. The van der Waals surface area contributed by atoms with E-state index in [2.05, 4.69) is 0 Å². The number of alkyl halides is 1. The monoisotopic (exact) mass is 234 g/mol. The van der Waals surface area contributed by atoms with Crippen molar-refractivity contribution in [1.29, 1.82) is 0 Å². The van der Waals surface area contributed by atoms with Crippen molar-refractivity contribution in [2.45, 2.75) is 38.0 Å². The number of rotatable bonds is 5. The Labute approximate surface area is 93.6 Å². The van der Waals surface area contributed by atoms with Crippen LogP contribution in [-0.2, 0) is 14.3 Å². The fourth-order valence-corrected chi connectivity index (χ4v) is 1.86. The van der Waals surface area contributed by atoms with Crippen LogP contribution in [0.25, 0.3) is 0 Å². The maximum absolute atomic E-state index is 11.6. The van der Waals surface area contributed by atoms with Gasteiger partial charge in [-0.1, -0.05) is 0 Å². The molecular weight excluding hydrogens is 220 g/mol. The molecule has 86 valence electrons. The average Bonchev–Trinajstić information content (AvgIpc) is 2.85. The van der Waals surface area contributed by atoms with Crippen LogP contribution >= 0.6 is 11.6 Å². The van der Waals surface area contributed by atoms with Crippen molar-refractivity contribution >= 4 is 23.5 Å². The maximum Gasteiger partial charge on any atom is 0.324 e. The summed E-state index contributed by atoms with van der Waals surface area (Å²) in [6.45, 7) is 3.45. The van der Waals surface area contributed by atoms with Crippen LogP contribution in [0.15, 0.2) is 0 Å². The fraction of sp³-hybridized carbons (Fsp3) is 0.800. The number of halogens is 1. The summed E-state index contributed by atoms with van der Waals surface area (Å²) in [5.74, 6) is -1.42. The molecule has 0 radical (unpaired) electrons. The fourth-order valence-electron chi connectivity index (χ4n) is 1.60. The van der Waals surface area contributed by atoms with Gasteiger partial charge in [0.15, 0.2) is 0 Å². The predicted octanol–water partition coefficient (Wildman–Crippen LogP) is 1.80. The molecule has 1 saturated carbocycles. The summed E-state index contributed by atoms with van der Waals surface area (Å²) < 4.78 is 4.90. The van der Waals surface area contributed by atoms with E-state index in [0.29, 0.717) is 19.4 Å². The largest absolute Gasteiger partial charge is 0.480 e. The van der Waals surface area contributed by atoms with Gasteiger partial charge in [0.05, 0.1) is 12.0 Å². The third-order valence-electron chi connectivity index (χ3n) is 2.68. The van der Waals surface area contributed by atoms with E-state index in [1.165, 1.54) is 6.92 Å². The molecule has 0 spiro atoms. The summed E-state index contributed by atoms with van der Waals surface area (Å²) in [5, 5.41) is 8.86. The normalized spacial score (nSPS) is 21.5. The van der Waals surface area contributed by atoms with Gasteiger partial charge in [-0.15, -0.1) is 11.6 Å². The van der Waals surface area contributed by atoms with Crippen LogP contribution in [0.4, 0.5) is 0 Å². The van der Waals surface area contributed by atoms with Crippen LogP contribution in [0.3, 0.4) is 0 Å². The van der Waals surface area contributed by atoms with E-state index >= 15 is 0 Å². The standard InChI is InChI=1S/C10H15ClO4/c1-3-15-8(14)10(4-5-10)6-9(2,11)7(12)13/h3-6H2,1-2H3,(H,12,13). The molecule has 0 aromatic rings. The highest BCUT2D eigenvalue weighted by molar-refractivity contribution is 6.33. The lowest BCUT2D eigenvalue weighted by atomic mass is 9.92. The van der Waals surface area contributed by atoms with Crippen LogP contribution in [-0.4, -0.2) is 28.5 Å². The Morgan fingerprint density at radius 2 is 2.07 bits per heavy atom. The Kier molecular flexibility index (Phi) is 3.28. The molecule has 1 fully saturated rings. The highest BCUT2D eigenvalue weighted by Crippen LogP contribution is 2.53. The van der Waals surface area contributed by atoms with Crippen molar-refractivity contribution in [3.8, 4) is 0 Å². The summed E-state index contributed by atoms with van der Waals surface area (Å²) in [6.07, 6.45) is 1.47. The molecule has 1 unspecified atom stereocenters. The number of carbonyl (C=O) groups is 2. The van der Waals surface area contributed by atoms with Crippen LogP contribution in [0.2, 0.25) is 0 Å². The SMILES string of the molecule is CCOC(=O)C1(CC(C)(Cl)C(=O)O)CC1. The molecule has 0 saturated heterocycles. The van der Waals surface area contributed by atoms with Crippen molar-refractivity contribution in [1.82, 2.24) is 0 Å². The first-order valence-electron chi connectivity index (χ1n) is 4.93. The Morgan fingerprint density at radius 3 is 2.40 bits per heavy atom. The minimum Gasteiger partial charge on any atom is -0.480 e. The predicted molar refractivity (Wildman–Crippen MR) is 54.8 cm³/mol. The Morgan fingerprint density at radius 1 is 1.53 bits per heavy atom. The second kappa shape index (κ2) is 4.00. The highest BCUT2D eigenvalue weighted by atomic mass is 35.5. The molecule has 0 aliphatic heterocycles. The van der Waals surface area contributed by atoms with Gasteiger partial charge in [-0.25, -0.2) is 0 Å². The van der Waals surface area contributed by atoms with Gasteiger partial charge in [0, 0.05) is 0 Å². The first-order valence-corrected chi connectivity index (χ1v) is 5.31. The molecule has 5 heteroatoms. The summed E-state index contributed by atoms with van der Waals surface area (Å²) in [5.41, 5.74) is -0.648. The van der Waals surface area contributed by atoms with Crippen molar-refractivity contribution in [2.75, 3.05) is 6.61 Å². The van der Waals surface area contributed by atoms with E-state index in [-0.39, 0.29) is 12.4 Å². The number of esters is 1. The van der Waals surface area contributed by atoms with Crippen molar-refractivity contribution in [3.05, 3.63) is 0 Å². The van der Waals surface area contributed by atoms with E-state index in [1.54, 1.807) is 6.92 Å². The van der Waals surface area contributed by atoms with Gasteiger partial charge < -0.3 is 9.84 Å². The molecule has 1 aliphatic rings. The number of hydrogen-bond donors (Lipinski definition) is 1. The van der Waals surface area contributed by atoms with E-state index in [0.717, 1.165) is 0 Å². The Balaban J connectivity index is 2.65. The lowest BCUT2D eigenvalue weighted by Crippen LogP contribution is -2.35. The van der Waals surface area contributed by atoms with Gasteiger partial charge in [0.1, 0.15) is 4.87 Å². The zero-order chi connectivity index (χ0) is 11.7. The first kappa shape index (κ1) is 12.3. The molecule has 0 amide bonds. The first-order chi connectivity index (χ1) is 6.84.